The zero-order valence-corrected chi connectivity index (χ0v) is 20.3. The van der Waals surface area contributed by atoms with Gasteiger partial charge < -0.3 is 14.5 Å². The smallest absolute Gasteiger partial charge is 0.274 e. The molecule has 6 heteroatoms. The quantitative estimate of drug-likeness (QED) is 0.620. The molecule has 0 radical (unpaired) electrons. The number of carbonyl (C=O) groups is 1. The summed E-state index contributed by atoms with van der Waals surface area (Å²) in [5, 5.41) is 4.83. The molecular weight excluding hydrogens is 412 g/mol. The maximum atomic E-state index is 13.4. The number of amides is 1. The van der Waals surface area contributed by atoms with Crippen LogP contribution in [0.2, 0.25) is 0 Å². The summed E-state index contributed by atoms with van der Waals surface area (Å²) in [5.41, 5.74) is 3.69. The van der Waals surface area contributed by atoms with Crippen molar-refractivity contribution < 1.29 is 9.53 Å². The highest BCUT2D eigenvalue weighted by atomic mass is 16.5. The van der Waals surface area contributed by atoms with Gasteiger partial charge in [-0.15, -0.1) is 6.58 Å². The van der Waals surface area contributed by atoms with Crippen molar-refractivity contribution in [2.45, 2.75) is 70.4 Å². The van der Waals surface area contributed by atoms with E-state index in [-0.39, 0.29) is 5.91 Å². The maximum absolute atomic E-state index is 13.4. The molecule has 0 spiro atoms. The molecule has 1 aromatic heterocycles. The van der Waals surface area contributed by atoms with Crippen molar-refractivity contribution >= 4 is 5.91 Å². The maximum Gasteiger partial charge on any atom is 0.274 e. The topological polar surface area (TPSA) is 50.6 Å². The number of likely N-dealkylation sites (N-methyl/N-ethyl adjacent to an activating group) is 1. The summed E-state index contributed by atoms with van der Waals surface area (Å²) < 4.78 is 7.50. The Hall–Kier alpha value is -1.66. The van der Waals surface area contributed by atoms with Gasteiger partial charge in [-0.05, 0) is 88.0 Å². The monoisotopic (exact) mass is 452 g/mol. The Morgan fingerprint density at radius 3 is 2.48 bits per heavy atom. The molecule has 6 nitrogen and oxygen atoms in total. The van der Waals surface area contributed by atoms with Gasteiger partial charge in [0.2, 0.25) is 0 Å². The van der Waals surface area contributed by atoms with Gasteiger partial charge >= 0.3 is 0 Å². The molecule has 0 aromatic carbocycles. The summed E-state index contributed by atoms with van der Waals surface area (Å²) in [6.07, 6.45) is 13.9. The summed E-state index contributed by atoms with van der Waals surface area (Å²) in [5.74, 6) is 3.08. The van der Waals surface area contributed by atoms with E-state index in [9.17, 15) is 4.79 Å². The van der Waals surface area contributed by atoms with Crippen LogP contribution in [0.4, 0.5) is 0 Å². The molecule has 2 heterocycles. The van der Waals surface area contributed by atoms with Crippen LogP contribution in [0.25, 0.3) is 0 Å². The van der Waals surface area contributed by atoms with Crippen molar-refractivity contribution in [1.82, 2.24) is 19.6 Å². The van der Waals surface area contributed by atoms with Crippen LogP contribution < -0.4 is 0 Å². The van der Waals surface area contributed by atoms with E-state index in [0.29, 0.717) is 50.0 Å². The van der Waals surface area contributed by atoms with Gasteiger partial charge in [0.15, 0.2) is 5.69 Å². The number of rotatable bonds is 6. The Bertz CT molecular complexity index is 880. The largest absolute Gasteiger partial charge is 0.378 e. The van der Waals surface area contributed by atoms with Crippen LogP contribution in [-0.4, -0.2) is 71.4 Å². The van der Waals surface area contributed by atoms with Crippen molar-refractivity contribution in [3.8, 4) is 0 Å². The van der Waals surface area contributed by atoms with Crippen molar-refractivity contribution in [3.63, 3.8) is 0 Å². The summed E-state index contributed by atoms with van der Waals surface area (Å²) >= 11 is 0. The minimum atomic E-state index is 0.0850. The van der Waals surface area contributed by atoms with Crippen LogP contribution in [0.5, 0.6) is 0 Å². The zero-order chi connectivity index (χ0) is 22.6. The first-order chi connectivity index (χ1) is 16.0. The molecule has 5 aliphatic carbocycles. The molecule has 1 aliphatic heterocycles. The fraction of sp³-hybridized carbons (Fsp3) is 0.778. The minimum Gasteiger partial charge on any atom is -0.378 e. The van der Waals surface area contributed by atoms with Gasteiger partial charge in [-0.1, -0.05) is 6.08 Å². The van der Waals surface area contributed by atoms with Gasteiger partial charge in [0.05, 0.1) is 19.8 Å². The van der Waals surface area contributed by atoms with E-state index in [0.717, 1.165) is 37.0 Å². The zero-order valence-electron chi connectivity index (χ0n) is 20.3. The number of carbonyl (C=O) groups excluding carboxylic acids is 1. The average molecular weight is 453 g/mol. The van der Waals surface area contributed by atoms with E-state index in [1.165, 1.54) is 56.3 Å². The molecule has 1 atom stereocenters. The van der Waals surface area contributed by atoms with E-state index < -0.39 is 0 Å². The highest BCUT2D eigenvalue weighted by molar-refractivity contribution is 5.94. The number of fused-ring (bicyclic) bond motifs is 1. The van der Waals surface area contributed by atoms with Crippen molar-refractivity contribution in [3.05, 3.63) is 29.6 Å². The van der Waals surface area contributed by atoms with Crippen molar-refractivity contribution in [2.75, 3.05) is 39.9 Å². The molecule has 6 aliphatic rings. The normalized spacial score (nSPS) is 35.2. The summed E-state index contributed by atoms with van der Waals surface area (Å²) in [4.78, 5) is 18.0. The molecule has 180 valence electrons. The summed E-state index contributed by atoms with van der Waals surface area (Å²) in [6.45, 7) is 8.40. The molecule has 0 N–H and O–H groups in total. The SMILES string of the molecule is C=CCn1nc(C(=O)N2CCOCC2)c2c1CCC(N(C)CC13CC4CC(CC(C4)C1)C3)C2. The molecule has 4 saturated carbocycles. The Morgan fingerprint density at radius 1 is 1.18 bits per heavy atom. The molecule has 1 saturated heterocycles. The lowest BCUT2D eigenvalue weighted by molar-refractivity contribution is -0.0712. The van der Waals surface area contributed by atoms with Crippen molar-refractivity contribution in [1.29, 1.82) is 0 Å². The van der Waals surface area contributed by atoms with Crippen molar-refractivity contribution in [2.24, 2.45) is 23.2 Å². The Kier molecular flexibility index (Phi) is 5.65. The van der Waals surface area contributed by atoms with E-state index in [2.05, 4.69) is 18.5 Å². The van der Waals surface area contributed by atoms with Crippen LogP contribution in [0.3, 0.4) is 0 Å². The number of hydrogen-bond acceptors (Lipinski definition) is 4. The first-order valence-electron chi connectivity index (χ1n) is 13.3. The molecule has 33 heavy (non-hydrogen) atoms. The molecule has 1 unspecified atom stereocenters. The number of hydrogen-bond donors (Lipinski definition) is 0. The minimum absolute atomic E-state index is 0.0850. The molecule has 4 bridgehead atoms. The van der Waals surface area contributed by atoms with Gasteiger partial charge in [-0.3, -0.25) is 9.48 Å². The number of nitrogens with zero attached hydrogens (tertiary/aromatic N) is 4. The molecule has 5 fully saturated rings. The molecule has 1 amide bonds. The van der Waals surface area contributed by atoms with Crippen LogP contribution in [-0.2, 0) is 24.1 Å². The third kappa shape index (κ3) is 3.97. The van der Waals surface area contributed by atoms with E-state index >= 15 is 0 Å². The Balaban J connectivity index is 1.21. The third-order valence-corrected chi connectivity index (χ3v) is 9.50. The van der Waals surface area contributed by atoms with E-state index in [4.69, 9.17) is 9.84 Å². The second-order valence-electron chi connectivity index (χ2n) is 11.9. The van der Waals surface area contributed by atoms with E-state index in [1.54, 1.807) is 0 Å². The predicted octanol–water partition coefficient (Wildman–Crippen LogP) is 3.55. The van der Waals surface area contributed by atoms with E-state index in [1.807, 2.05) is 15.7 Å². The number of ether oxygens (including phenoxy) is 1. The Morgan fingerprint density at radius 2 is 1.85 bits per heavy atom. The van der Waals surface area contributed by atoms with Crippen LogP contribution in [0, 0.1) is 23.2 Å². The number of morpholine rings is 1. The van der Waals surface area contributed by atoms with Crippen LogP contribution >= 0.6 is 0 Å². The molecular formula is C27H40N4O2. The number of aromatic nitrogens is 2. The van der Waals surface area contributed by atoms with Crippen LogP contribution in [0.1, 0.15) is 66.7 Å². The summed E-state index contributed by atoms with van der Waals surface area (Å²) in [6, 6.07) is 0.503. The second kappa shape index (κ2) is 8.53. The molecule has 1 aromatic rings. The fourth-order valence-electron chi connectivity index (χ4n) is 8.55. The number of allylic oxidation sites excluding steroid dienone is 1. The van der Waals surface area contributed by atoms with Gasteiger partial charge in [0, 0.05) is 36.9 Å². The first-order valence-corrected chi connectivity index (χ1v) is 13.3. The lowest BCUT2D eigenvalue weighted by atomic mass is 9.49. The lowest BCUT2D eigenvalue weighted by Crippen LogP contribution is -2.52. The average Bonchev–Trinajstić information content (AvgIpc) is 3.16. The van der Waals surface area contributed by atoms with Gasteiger partial charge in [0.1, 0.15) is 0 Å². The molecule has 7 rings (SSSR count). The van der Waals surface area contributed by atoms with Gasteiger partial charge in [-0.2, -0.15) is 5.10 Å². The highest BCUT2D eigenvalue weighted by Crippen LogP contribution is 2.60. The van der Waals surface area contributed by atoms with Gasteiger partial charge in [-0.25, -0.2) is 0 Å². The standard InChI is InChI=1S/C27H40N4O2/c1-3-6-31-24-5-4-22(14-23(24)25(28-31)26(32)30-7-9-33-10-8-30)29(2)18-27-15-19-11-20(16-27)13-21(12-19)17-27/h3,19-22H,1,4-18H2,2H3. The Labute approximate surface area is 198 Å². The second-order valence-corrected chi connectivity index (χ2v) is 11.9. The predicted molar refractivity (Wildman–Crippen MR) is 128 cm³/mol. The van der Waals surface area contributed by atoms with Gasteiger partial charge in [0.25, 0.3) is 5.91 Å². The summed E-state index contributed by atoms with van der Waals surface area (Å²) in [7, 11) is 2.35. The van der Waals surface area contributed by atoms with Crippen LogP contribution in [0.15, 0.2) is 12.7 Å². The fourth-order valence-corrected chi connectivity index (χ4v) is 8.55. The first kappa shape index (κ1) is 21.8. The highest BCUT2D eigenvalue weighted by Gasteiger charge is 2.51. The third-order valence-electron chi connectivity index (χ3n) is 9.50. The lowest BCUT2D eigenvalue weighted by Gasteiger charge is -2.58.